The van der Waals surface area contributed by atoms with Crippen LogP contribution in [-0.4, -0.2) is 38.3 Å². The van der Waals surface area contributed by atoms with E-state index in [1.807, 2.05) is 61.6 Å². The van der Waals surface area contributed by atoms with Gasteiger partial charge in [0, 0.05) is 24.5 Å². The highest BCUT2D eigenvalue weighted by Crippen LogP contribution is 2.34. The first-order valence-electron chi connectivity index (χ1n) is 9.92. The van der Waals surface area contributed by atoms with Crippen LogP contribution in [0.3, 0.4) is 0 Å². The Bertz CT molecular complexity index is 1210. The molecule has 3 aromatic heterocycles. The molecule has 1 aromatic carbocycles. The molecule has 0 aliphatic carbocycles. The van der Waals surface area contributed by atoms with E-state index in [-0.39, 0.29) is 5.69 Å². The van der Waals surface area contributed by atoms with E-state index in [4.69, 9.17) is 4.98 Å². The highest BCUT2D eigenvalue weighted by atomic mass is 19.4. The second-order valence-electron chi connectivity index (χ2n) is 7.62. The fourth-order valence-corrected chi connectivity index (χ4v) is 3.52. The van der Waals surface area contributed by atoms with Crippen LogP contribution in [0.15, 0.2) is 54.9 Å². The lowest BCUT2D eigenvalue weighted by Gasteiger charge is -2.11. The molecule has 8 heteroatoms. The monoisotopic (exact) mass is 425 g/mol. The molecule has 0 aliphatic rings. The molecule has 0 fully saturated rings. The predicted octanol–water partition coefficient (Wildman–Crippen LogP) is 5.10. The smallest absolute Gasteiger partial charge is 0.305 e. The van der Waals surface area contributed by atoms with Gasteiger partial charge in [0.25, 0.3) is 0 Å². The Morgan fingerprint density at radius 3 is 2.35 bits per heavy atom. The van der Waals surface area contributed by atoms with Crippen molar-refractivity contribution in [1.29, 1.82) is 0 Å². The second kappa shape index (κ2) is 8.11. The Hall–Kier alpha value is -3.26. The lowest BCUT2D eigenvalue weighted by Crippen LogP contribution is -2.11. The summed E-state index contributed by atoms with van der Waals surface area (Å²) in [5.41, 5.74) is 4.95. The van der Waals surface area contributed by atoms with Crippen LogP contribution in [0.25, 0.3) is 28.3 Å². The molecule has 160 valence electrons. The minimum atomic E-state index is -4.63. The molecule has 0 spiro atoms. The lowest BCUT2D eigenvalue weighted by molar-refractivity contribution is -0.144. The third kappa shape index (κ3) is 4.29. The number of rotatable bonds is 5. The van der Waals surface area contributed by atoms with Crippen LogP contribution in [0.4, 0.5) is 13.2 Å². The summed E-state index contributed by atoms with van der Waals surface area (Å²) in [5.74, 6) is -1.17. The number of hydrogen-bond donors (Lipinski definition) is 0. The van der Waals surface area contributed by atoms with Crippen LogP contribution in [0, 0.1) is 0 Å². The topological polar surface area (TPSA) is 46.3 Å². The molecule has 0 radical (unpaired) electrons. The summed E-state index contributed by atoms with van der Waals surface area (Å²) in [7, 11) is 3.95. The summed E-state index contributed by atoms with van der Waals surface area (Å²) in [6.07, 6.45) is -0.768. The van der Waals surface area contributed by atoms with Crippen molar-refractivity contribution in [3.05, 3.63) is 71.8 Å². The molecule has 0 amide bonds. The molecule has 0 unspecified atom stereocenters. The highest BCUT2D eigenvalue weighted by molar-refractivity contribution is 5.80. The van der Waals surface area contributed by atoms with Crippen LogP contribution in [0.2, 0.25) is 0 Å². The SMILES string of the molecule is CCc1ccc(-c2nc3cc(CN(C)C)ccn3c2-c2ccnc(C(F)(F)F)n2)cc1. The van der Waals surface area contributed by atoms with E-state index in [0.717, 1.165) is 30.3 Å². The number of nitrogens with zero attached hydrogens (tertiary/aromatic N) is 5. The third-order valence-electron chi connectivity index (χ3n) is 4.98. The summed E-state index contributed by atoms with van der Waals surface area (Å²) < 4.78 is 41.5. The molecule has 0 aliphatic heterocycles. The number of alkyl halides is 3. The zero-order valence-electron chi connectivity index (χ0n) is 17.5. The number of benzene rings is 1. The van der Waals surface area contributed by atoms with Gasteiger partial charge in [-0.2, -0.15) is 13.2 Å². The molecule has 4 rings (SSSR count). The fourth-order valence-electron chi connectivity index (χ4n) is 3.52. The van der Waals surface area contributed by atoms with Crippen molar-refractivity contribution in [1.82, 2.24) is 24.3 Å². The molecule has 0 bridgehead atoms. The minimum absolute atomic E-state index is 0.171. The van der Waals surface area contributed by atoms with Crippen LogP contribution in [0.5, 0.6) is 0 Å². The van der Waals surface area contributed by atoms with Gasteiger partial charge in [0.2, 0.25) is 5.82 Å². The molecule has 31 heavy (non-hydrogen) atoms. The predicted molar refractivity (Wildman–Crippen MR) is 113 cm³/mol. The standard InChI is InChI=1S/C23H22F3N5/c1-4-15-5-7-17(8-6-15)20-21(18-9-11-27-22(28-18)23(24,25)26)31-12-10-16(14-30(2)3)13-19(31)29-20/h5-13H,4,14H2,1-3H3. The number of fused-ring (bicyclic) bond motifs is 1. The maximum Gasteiger partial charge on any atom is 0.451 e. The summed E-state index contributed by atoms with van der Waals surface area (Å²) in [4.78, 5) is 14.0. The van der Waals surface area contributed by atoms with Crippen LogP contribution >= 0.6 is 0 Å². The maximum atomic E-state index is 13.3. The van der Waals surface area contributed by atoms with Crippen molar-refractivity contribution in [2.75, 3.05) is 14.1 Å². The lowest BCUT2D eigenvalue weighted by atomic mass is 10.1. The van der Waals surface area contributed by atoms with Gasteiger partial charge in [-0.1, -0.05) is 31.2 Å². The summed E-state index contributed by atoms with van der Waals surface area (Å²) in [5, 5.41) is 0. The number of imidazole rings is 1. The van der Waals surface area contributed by atoms with E-state index < -0.39 is 12.0 Å². The third-order valence-corrected chi connectivity index (χ3v) is 4.98. The molecular formula is C23H22F3N5. The van der Waals surface area contributed by atoms with Crippen molar-refractivity contribution in [3.8, 4) is 22.6 Å². The summed E-state index contributed by atoms with van der Waals surface area (Å²) in [6.45, 7) is 2.79. The van der Waals surface area contributed by atoms with Gasteiger partial charge in [0.15, 0.2) is 0 Å². The first-order chi connectivity index (χ1) is 14.8. The number of hydrogen-bond acceptors (Lipinski definition) is 4. The fraction of sp³-hybridized carbons (Fsp3) is 0.261. The average Bonchev–Trinajstić information content (AvgIpc) is 3.11. The number of aromatic nitrogens is 4. The van der Waals surface area contributed by atoms with E-state index in [1.54, 1.807) is 4.40 Å². The largest absolute Gasteiger partial charge is 0.451 e. The molecule has 0 atom stereocenters. The molecule has 0 saturated carbocycles. The minimum Gasteiger partial charge on any atom is -0.305 e. The first-order valence-corrected chi connectivity index (χ1v) is 9.92. The number of pyridine rings is 1. The number of halogens is 3. The Balaban J connectivity index is 1.94. The Labute approximate surface area is 178 Å². The molecule has 3 heterocycles. The van der Waals surface area contributed by atoms with Crippen molar-refractivity contribution in [2.24, 2.45) is 0 Å². The van der Waals surface area contributed by atoms with Crippen LogP contribution < -0.4 is 0 Å². The molecule has 5 nitrogen and oxygen atoms in total. The van der Waals surface area contributed by atoms with Gasteiger partial charge in [-0.15, -0.1) is 0 Å². The Kier molecular flexibility index (Phi) is 5.49. The summed E-state index contributed by atoms with van der Waals surface area (Å²) in [6, 6.07) is 13.3. The second-order valence-corrected chi connectivity index (χ2v) is 7.62. The normalized spacial score (nSPS) is 12.1. The van der Waals surface area contributed by atoms with Crippen molar-refractivity contribution < 1.29 is 13.2 Å². The number of aryl methyl sites for hydroxylation is 1. The van der Waals surface area contributed by atoms with E-state index in [1.165, 1.54) is 11.6 Å². The maximum absolute atomic E-state index is 13.3. The molecule has 0 N–H and O–H groups in total. The Morgan fingerprint density at radius 1 is 0.968 bits per heavy atom. The average molecular weight is 425 g/mol. The Morgan fingerprint density at radius 2 is 1.71 bits per heavy atom. The van der Waals surface area contributed by atoms with E-state index in [2.05, 4.69) is 16.9 Å². The van der Waals surface area contributed by atoms with Gasteiger partial charge < -0.3 is 4.90 Å². The van der Waals surface area contributed by atoms with Gasteiger partial charge in [-0.05, 0) is 49.8 Å². The van der Waals surface area contributed by atoms with Crippen LogP contribution in [-0.2, 0) is 19.1 Å². The van der Waals surface area contributed by atoms with Crippen molar-refractivity contribution in [3.63, 3.8) is 0 Å². The van der Waals surface area contributed by atoms with Gasteiger partial charge in [-0.25, -0.2) is 15.0 Å². The van der Waals surface area contributed by atoms with E-state index in [9.17, 15) is 13.2 Å². The van der Waals surface area contributed by atoms with Crippen LogP contribution in [0.1, 0.15) is 23.9 Å². The quantitative estimate of drug-likeness (QED) is 0.446. The zero-order chi connectivity index (χ0) is 22.2. The molecule has 0 saturated heterocycles. The van der Waals surface area contributed by atoms with Gasteiger partial charge in [0.05, 0.1) is 17.1 Å². The highest BCUT2D eigenvalue weighted by Gasteiger charge is 2.35. The molecule has 4 aromatic rings. The van der Waals surface area contributed by atoms with Crippen molar-refractivity contribution in [2.45, 2.75) is 26.1 Å². The van der Waals surface area contributed by atoms with Crippen molar-refractivity contribution >= 4 is 5.65 Å². The van der Waals surface area contributed by atoms with Gasteiger partial charge >= 0.3 is 6.18 Å². The van der Waals surface area contributed by atoms with Gasteiger partial charge in [-0.3, -0.25) is 4.40 Å². The van der Waals surface area contributed by atoms with Gasteiger partial charge in [0.1, 0.15) is 5.65 Å². The van der Waals surface area contributed by atoms with E-state index >= 15 is 0 Å². The zero-order valence-corrected chi connectivity index (χ0v) is 17.5. The first kappa shape index (κ1) is 21.0. The molecular weight excluding hydrogens is 403 g/mol. The van der Waals surface area contributed by atoms with E-state index in [0.29, 0.717) is 17.0 Å². The summed E-state index contributed by atoms with van der Waals surface area (Å²) >= 11 is 0.